The Kier molecular flexibility index (Phi) is 31.8. The van der Waals surface area contributed by atoms with Crippen molar-refractivity contribution in [2.75, 3.05) is 36.8 Å². The average Bonchev–Trinajstić information content (AvgIpc) is 1.59. The lowest BCUT2D eigenvalue weighted by atomic mass is 10.1. The standard InChI is InChI=1S/C23H18N4O4.C18H15N3O.C18H16N2O.C16H19N3O2.C15H12N4O.C15H18N2O/c1-30-18-8-3-15(4-9-18)25-23-21(14-24)20-12-7-17(27(28)29)13-22(20)26(23)16-5-10-19(31-2)11-6-16;1-2-21-12-14(11-19)16-9-8-13(10-17(16)21)18(22)20-15-6-4-3-5-7-15;1-2-20-12-15(11-19)17-9-8-16(10-18(17)20)21-13-14-6-4-3-5-7-14;1-5-19-10-11(9-17)13-7-6-12(8-14(13)19)18-15(20)21-16(2,3)4;1-2-19-10-11(8-16)13-4-3-12(7-14(13)19)20-15-9-17-5-6-18-15;1-3-5-8-18-13-6-7-14-12(10-16)11-17(4-2)15(14)9-13/h3-13,25H,1-2H3;3-10,12H,2H2,1H3,(H,20,22);3-10,12H,2,13H2,1H3;6-8,10H,5H2,1-4H3,(H,18,20);3-7,9-10H,2H2,1H3;6-7,9,11H,3-5,8H2,1-2H3. The van der Waals surface area contributed by atoms with E-state index in [4.69, 9.17) is 44.2 Å². The minimum Gasteiger partial charge on any atom is -0.497 e. The van der Waals surface area contributed by atoms with Crippen LogP contribution in [-0.2, 0) is 44.1 Å². The summed E-state index contributed by atoms with van der Waals surface area (Å²) in [5.74, 6) is 4.56. The lowest BCUT2D eigenvalue weighted by Gasteiger charge is -2.19. The van der Waals surface area contributed by atoms with Crippen molar-refractivity contribution in [1.29, 1.82) is 31.6 Å². The zero-order chi connectivity index (χ0) is 94.7. The molecule has 0 fully saturated rings. The van der Waals surface area contributed by atoms with Gasteiger partial charge in [0.1, 0.15) is 88.8 Å². The molecule has 0 aliphatic heterocycles. The highest BCUT2D eigenvalue weighted by molar-refractivity contribution is 6.07. The maximum absolute atomic E-state index is 12.3. The Hall–Kier alpha value is -17.6. The molecular weight excluding hydrogens is 1670 g/mol. The monoisotopic (exact) mass is 1770 g/mol. The van der Waals surface area contributed by atoms with E-state index in [-0.39, 0.29) is 11.6 Å². The number of fused-ring (bicyclic) bond motifs is 6. The van der Waals surface area contributed by atoms with E-state index in [2.05, 4.69) is 92.2 Å². The number of benzene rings is 10. The van der Waals surface area contributed by atoms with Gasteiger partial charge in [0.25, 0.3) is 11.6 Å². The number of para-hydroxylation sites is 1. The molecule has 0 saturated carbocycles. The molecule has 0 radical (unpaired) electrons. The lowest BCUT2D eigenvalue weighted by molar-refractivity contribution is -0.384. The summed E-state index contributed by atoms with van der Waals surface area (Å²) in [5, 5.41) is 81.2. The van der Waals surface area contributed by atoms with Crippen molar-refractivity contribution < 1.29 is 42.9 Å². The SMILES string of the molecule is CCCCOc1ccc2c(C#N)cn(CC)c2c1.CCn1cc(C#N)c2ccc(C(=O)Nc3ccccc3)cc21.CCn1cc(C#N)c2ccc(NC(=O)OC(C)(C)C)cc21.CCn1cc(C#N)c2ccc(OCc3ccccc3)cc21.CCn1cc(C#N)c2ccc(Oc3cnccn3)cc21.COc1ccc(Nc2c(C#N)c3ccc([N+](=O)[O-])cc3n2-c2ccc(OC)cc2)cc1. The van der Waals surface area contributed by atoms with Crippen molar-refractivity contribution in [2.45, 2.75) is 120 Å². The van der Waals surface area contributed by atoms with Crippen LogP contribution in [0.15, 0.2) is 268 Å². The van der Waals surface area contributed by atoms with Crippen LogP contribution in [0.2, 0.25) is 0 Å². The van der Waals surface area contributed by atoms with Crippen LogP contribution in [0.25, 0.3) is 71.1 Å². The largest absolute Gasteiger partial charge is 0.497 e. The van der Waals surface area contributed by atoms with Crippen LogP contribution in [0, 0.1) is 78.1 Å². The maximum Gasteiger partial charge on any atom is 0.412 e. The van der Waals surface area contributed by atoms with Crippen LogP contribution in [0.4, 0.5) is 33.4 Å². The van der Waals surface area contributed by atoms with E-state index >= 15 is 0 Å². The van der Waals surface area contributed by atoms with Crippen molar-refractivity contribution >= 4 is 106 Å². The number of unbranched alkanes of at least 4 members (excludes halogenated alkanes) is 1. The highest BCUT2D eigenvalue weighted by atomic mass is 16.6. The van der Waals surface area contributed by atoms with E-state index in [9.17, 15) is 35.5 Å². The number of non-ortho nitro benzene ring substituents is 1. The van der Waals surface area contributed by atoms with Crippen molar-refractivity contribution in [3.05, 3.63) is 323 Å². The molecule has 0 atom stereocenters. The highest BCUT2D eigenvalue weighted by Gasteiger charge is 2.24. The van der Waals surface area contributed by atoms with Gasteiger partial charge in [0.2, 0.25) is 5.88 Å². The summed E-state index contributed by atoms with van der Waals surface area (Å²) in [6.45, 7) is 23.1. The summed E-state index contributed by atoms with van der Waals surface area (Å²) < 4.78 is 44.8. The third-order valence-electron chi connectivity index (χ3n) is 21.3. The number of nitrogens with zero attached hydrogens (tertiary/aromatic N) is 15. The topological polar surface area (TPSA) is 367 Å². The number of rotatable bonds is 23. The molecule has 0 saturated heterocycles. The number of hydrogen-bond donors (Lipinski definition) is 3. The maximum atomic E-state index is 12.3. The molecule has 2 amide bonds. The molecular formula is C105H98N18O10. The van der Waals surface area contributed by atoms with Crippen LogP contribution in [0.1, 0.15) is 124 Å². The summed E-state index contributed by atoms with van der Waals surface area (Å²) in [6.07, 6.45) is 15.7. The lowest BCUT2D eigenvalue weighted by Crippen LogP contribution is -2.27. The number of carbonyl (C=O) groups excluding carboxylic acids is 2. The Labute approximate surface area is 769 Å². The predicted octanol–water partition coefficient (Wildman–Crippen LogP) is 23.8. The van der Waals surface area contributed by atoms with Crippen LogP contribution in [-0.4, -0.2) is 80.7 Å². The van der Waals surface area contributed by atoms with Gasteiger partial charge < -0.3 is 61.9 Å². The first-order valence-corrected chi connectivity index (χ1v) is 43.1. The molecule has 0 bridgehead atoms. The van der Waals surface area contributed by atoms with Crippen LogP contribution >= 0.6 is 0 Å². The Balaban J connectivity index is 0.000000145. The van der Waals surface area contributed by atoms with E-state index < -0.39 is 16.6 Å². The van der Waals surface area contributed by atoms with Crippen molar-refractivity contribution in [1.82, 2.24) is 37.4 Å². The third-order valence-corrected chi connectivity index (χ3v) is 21.3. The predicted molar refractivity (Wildman–Crippen MR) is 517 cm³/mol. The van der Waals surface area contributed by atoms with Crippen LogP contribution < -0.4 is 39.6 Å². The number of carbonyl (C=O) groups is 2. The van der Waals surface area contributed by atoms with Crippen molar-refractivity contribution in [3.63, 3.8) is 0 Å². The third kappa shape index (κ3) is 23.2. The van der Waals surface area contributed by atoms with Gasteiger partial charge in [0.15, 0.2) is 0 Å². The second-order valence-corrected chi connectivity index (χ2v) is 31.0. The van der Waals surface area contributed by atoms with Crippen LogP contribution in [0.3, 0.4) is 0 Å². The summed E-state index contributed by atoms with van der Waals surface area (Å²) in [5.41, 5.74) is 13.2. The quantitative estimate of drug-likeness (QED) is 0.0304. The van der Waals surface area contributed by atoms with Crippen molar-refractivity contribution in [3.8, 4) is 76.7 Å². The second-order valence-electron chi connectivity index (χ2n) is 31.0. The van der Waals surface area contributed by atoms with Gasteiger partial charge in [-0.3, -0.25) is 29.8 Å². The van der Waals surface area contributed by atoms with Gasteiger partial charge in [-0.25, -0.2) is 9.78 Å². The number of nitriles is 6. The second kappa shape index (κ2) is 44.7. The molecule has 17 rings (SSSR count). The van der Waals surface area contributed by atoms with E-state index in [1.54, 1.807) is 79.8 Å². The Bertz CT molecular complexity index is 7270. The molecule has 0 aliphatic rings. The fourth-order valence-corrected chi connectivity index (χ4v) is 14.7. The first-order valence-electron chi connectivity index (χ1n) is 43.1. The van der Waals surface area contributed by atoms with Gasteiger partial charge in [-0.05, 0) is 201 Å². The zero-order valence-corrected chi connectivity index (χ0v) is 75.6. The number of nitro groups is 1. The number of methoxy groups -OCH3 is 2. The van der Waals surface area contributed by atoms with E-state index in [0.29, 0.717) is 85.5 Å². The Morgan fingerprint density at radius 2 is 0.895 bits per heavy atom. The highest BCUT2D eigenvalue weighted by Crippen LogP contribution is 2.39. The number of nitrogens with one attached hydrogen (secondary N) is 3. The zero-order valence-electron chi connectivity index (χ0n) is 75.6. The summed E-state index contributed by atoms with van der Waals surface area (Å²) in [7, 11) is 3.17. The minimum absolute atomic E-state index is 0.0553. The van der Waals surface area contributed by atoms with Gasteiger partial charge in [0, 0.05) is 167 Å². The number of aryl methyl sites for hydroxylation is 5. The molecule has 7 heterocycles. The fraction of sp³-hybridized carbons (Fsp3) is 0.200. The van der Waals surface area contributed by atoms with Crippen LogP contribution in [0.5, 0.6) is 34.6 Å². The Morgan fingerprint density at radius 1 is 0.451 bits per heavy atom. The molecule has 0 spiro atoms. The molecule has 17 aromatic rings. The number of aromatic nitrogens is 8. The number of ether oxygens (including phenoxy) is 6. The molecule has 10 aromatic carbocycles. The number of hydrogen-bond acceptors (Lipinski definition) is 19. The molecule has 0 unspecified atom stereocenters. The van der Waals surface area contributed by atoms with Gasteiger partial charge in [-0.2, -0.15) is 31.6 Å². The average molecular weight is 1770 g/mol. The van der Waals surface area contributed by atoms with Crippen molar-refractivity contribution in [2.24, 2.45) is 0 Å². The Morgan fingerprint density at radius 3 is 1.36 bits per heavy atom. The smallest absolute Gasteiger partial charge is 0.412 e. The number of amides is 2. The van der Waals surface area contributed by atoms with Gasteiger partial charge in [-0.15, -0.1) is 0 Å². The summed E-state index contributed by atoms with van der Waals surface area (Å²) >= 11 is 0. The normalized spacial score (nSPS) is 10.6. The van der Waals surface area contributed by atoms with E-state index in [0.717, 1.165) is 146 Å². The first-order chi connectivity index (χ1) is 64.5. The number of nitro benzene ring substituents is 1. The minimum atomic E-state index is -0.536. The molecule has 28 nitrogen and oxygen atoms in total. The first kappa shape index (κ1) is 94.5. The molecule has 668 valence electrons. The molecule has 133 heavy (non-hydrogen) atoms. The van der Waals surface area contributed by atoms with E-state index in [1.807, 2.05) is 250 Å². The molecule has 28 heteroatoms. The molecule has 7 aromatic heterocycles. The molecule has 3 N–H and O–H groups in total. The fourth-order valence-electron chi connectivity index (χ4n) is 14.7. The van der Waals surface area contributed by atoms with Gasteiger partial charge >= 0.3 is 6.09 Å². The summed E-state index contributed by atoms with van der Waals surface area (Å²) in [4.78, 5) is 43.1. The summed E-state index contributed by atoms with van der Waals surface area (Å²) in [6, 6.07) is 80.1. The van der Waals surface area contributed by atoms with E-state index in [1.165, 1.54) is 12.1 Å². The van der Waals surface area contributed by atoms with Gasteiger partial charge in [-0.1, -0.05) is 67.9 Å². The van der Waals surface area contributed by atoms with Gasteiger partial charge in [0.05, 0.1) is 92.9 Å². The molecule has 0 aliphatic carbocycles. The number of anilines is 4.